The summed E-state index contributed by atoms with van der Waals surface area (Å²) < 4.78 is 26.2. The largest absolute Gasteiger partial charge is 0.388 e. The predicted molar refractivity (Wildman–Crippen MR) is 113 cm³/mol. The third-order valence-corrected chi connectivity index (χ3v) is 5.90. The minimum Gasteiger partial charge on any atom is -0.388 e. The van der Waals surface area contributed by atoms with Gasteiger partial charge < -0.3 is 15.3 Å². The Kier molecular flexibility index (Phi) is 7.94. The van der Waals surface area contributed by atoms with E-state index in [2.05, 4.69) is 10.2 Å². The molecular weight excluding hydrogens is 386 g/mol. The van der Waals surface area contributed by atoms with Crippen LogP contribution in [0.4, 0.5) is 8.78 Å². The number of aliphatic hydroxyl groups excluding tert-OH is 1. The zero-order valence-corrected chi connectivity index (χ0v) is 17.4. The molecule has 0 aliphatic carbocycles. The van der Waals surface area contributed by atoms with Crippen LogP contribution in [-0.4, -0.2) is 41.6 Å². The van der Waals surface area contributed by atoms with E-state index in [1.165, 1.54) is 24.3 Å². The number of aliphatic hydroxyl groups is 1. The Morgan fingerprint density at radius 2 is 1.57 bits per heavy atom. The van der Waals surface area contributed by atoms with Crippen molar-refractivity contribution in [3.05, 3.63) is 71.3 Å². The summed E-state index contributed by atoms with van der Waals surface area (Å²) in [6.07, 6.45) is 2.36. The maximum atomic E-state index is 13.2. The minimum atomic E-state index is -0.607. The number of nitrogens with zero attached hydrogens (tertiary/aromatic N) is 1. The molecule has 2 N–H and O–H groups in total. The van der Waals surface area contributed by atoms with Gasteiger partial charge >= 0.3 is 0 Å². The van der Waals surface area contributed by atoms with Crippen LogP contribution in [0, 0.1) is 11.6 Å². The smallest absolute Gasteiger partial charge is 0.227 e. The molecule has 0 radical (unpaired) electrons. The highest BCUT2D eigenvalue weighted by atomic mass is 19.1. The Bertz CT molecular complexity index is 803. The summed E-state index contributed by atoms with van der Waals surface area (Å²) in [5.74, 6) is -0.880. The van der Waals surface area contributed by atoms with Crippen molar-refractivity contribution in [2.24, 2.45) is 0 Å². The van der Waals surface area contributed by atoms with E-state index >= 15 is 0 Å². The minimum absolute atomic E-state index is 0.00529. The molecule has 2 unspecified atom stereocenters. The van der Waals surface area contributed by atoms with Gasteiger partial charge in [-0.3, -0.25) is 4.79 Å². The van der Waals surface area contributed by atoms with E-state index in [4.69, 9.17) is 0 Å². The Morgan fingerprint density at radius 1 is 1.03 bits per heavy atom. The van der Waals surface area contributed by atoms with Crippen LogP contribution in [0.2, 0.25) is 0 Å². The van der Waals surface area contributed by atoms with Gasteiger partial charge in [-0.15, -0.1) is 0 Å². The maximum absolute atomic E-state index is 13.2. The van der Waals surface area contributed by atoms with Crippen molar-refractivity contribution in [2.75, 3.05) is 19.6 Å². The van der Waals surface area contributed by atoms with Crippen LogP contribution in [0.3, 0.4) is 0 Å². The summed E-state index contributed by atoms with van der Waals surface area (Å²) in [6.45, 7) is 4.43. The van der Waals surface area contributed by atoms with Crippen molar-refractivity contribution in [1.29, 1.82) is 0 Å². The molecule has 1 saturated heterocycles. The first kappa shape index (κ1) is 22.4. The fourth-order valence-electron chi connectivity index (χ4n) is 4.03. The molecule has 30 heavy (non-hydrogen) atoms. The van der Waals surface area contributed by atoms with Crippen molar-refractivity contribution < 1.29 is 18.7 Å². The SMILES string of the molecule is CCC(C(=O)NC1CCN(CCC(O)c2ccc(F)cc2)CC1)c1ccc(F)cc1. The Hall–Kier alpha value is -2.31. The molecular formula is C24H30F2N2O2. The standard InChI is InChI=1S/C24H30F2N2O2/c1-2-22(17-3-7-19(25)8-4-17)24(30)27-21-11-14-28(15-12-21)16-13-23(29)18-5-9-20(26)10-6-18/h3-10,21-23,29H,2,11-16H2,1H3,(H,27,30). The molecule has 2 aromatic carbocycles. The van der Waals surface area contributed by atoms with E-state index in [0.717, 1.165) is 43.6 Å². The Labute approximate surface area is 176 Å². The molecule has 2 atom stereocenters. The van der Waals surface area contributed by atoms with Gasteiger partial charge in [0.1, 0.15) is 11.6 Å². The average Bonchev–Trinajstić information content (AvgIpc) is 2.75. The summed E-state index contributed by atoms with van der Waals surface area (Å²) in [4.78, 5) is 15.0. The number of rotatable bonds is 8. The van der Waals surface area contributed by atoms with Crippen LogP contribution in [0.25, 0.3) is 0 Å². The number of carbonyl (C=O) groups excluding carboxylic acids is 1. The van der Waals surface area contributed by atoms with E-state index in [9.17, 15) is 18.7 Å². The fourth-order valence-corrected chi connectivity index (χ4v) is 4.03. The molecule has 1 heterocycles. The van der Waals surface area contributed by atoms with Gasteiger partial charge in [0, 0.05) is 25.7 Å². The number of likely N-dealkylation sites (tertiary alicyclic amines) is 1. The van der Waals surface area contributed by atoms with Crippen LogP contribution in [-0.2, 0) is 4.79 Å². The highest BCUT2D eigenvalue weighted by Crippen LogP contribution is 2.22. The van der Waals surface area contributed by atoms with E-state index in [0.29, 0.717) is 12.8 Å². The number of benzene rings is 2. The van der Waals surface area contributed by atoms with Gasteiger partial charge in [-0.05, 0) is 61.1 Å². The van der Waals surface area contributed by atoms with Crippen LogP contribution < -0.4 is 5.32 Å². The molecule has 0 spiro atoms. The summed E-state index contributed by atoms with van der Waals surface area (Å²) >= 11 is 0. The number of nitrogens with one attached hydrogen (secondary N) is 1. The van der Waals surface area contributed by atoms with Gasteiger partial charge in [-0.2, -0.15) is 0 Å². The maximum Gasteiger partial charge on any atom is 0.227 e. The van der Waals surface area contributed by atoms with Gasteiger partial charge in [0.15, 0.2) is 0 Å². The zero-order chi connectivity index (χ0) is 21.5. The lowest BCUT2D eigenvalue weighted by molar-refractivity contribution is -0.123. The zero-order valence-electron chi connectivity index (χ0n) is 17.4. The quantitative estimate of drug-likeness (QED) is 0.679. The Balaban J connectivity index is 1.43. The number of halogens is 2. The van der Waals surface area contributed by atoms with Crippen molar-refractivity contribution in [1.82, 2.24) is 10.2 Å². The molecule has 0 bridgehead atoms. The van der Waals surface area contributed by atoms with Gasteiger partial charge in [0.05, 0.1) is 12.0 Å². The van der Waals surface area contributed by atoms with Gasteiger partial charge in [0.25, 0.3) is 0 Å². The van der Waals surface area contributed by atoms with Gasteiger partial charge in [-0.1, -0.05) is 31.2 Å². The van der Waals surface area contributed by atoms with Crippen LogP contribution in [0.5, 0.6) is 0 Å². The third kappa shape index (κ3) is 6.09. The van der Waals surface area contributed by atoms with Crippen LogP contribution in [0.15, 0.2) is 48.5 Å². The second-order valence-corrected chi connectivity index (χ2v) is 7.99. The topological polar surface area (TPSA) is 52.6 Å². The summed E-state index contributed by atoms with van der Waals surface area (Å²) in [7, 11) is 0. The van der Waals surface area contributed by atoms with Crippen molar-refractivity contribution in [3.63, 3.8) is 0 Å². The molecule has 162 valence electrons. The monoisotopic (exact) mass is 416 g/mol. The Morgan fingerprint density at radius 3 is 2.10 bits per heavy atom. The summed E-state index contributed by atoms with van der Waals surface area (Å²) in [6, 6.07) is 12.2. The molecule has 1 amide bonds. The van der Waals surface area contributed by atoms with Crippen LogP contribution in [0.1, 0.15) is 55.8 Å². The molecule has 0 aromatic heterocycles. The van der Waals surface area contributed by atoms with Crippen molar-refractivity contribution >= 4 is 5.91 Å². The highest BCUT2D eigenvalue weighted by Gasteiger charge is 2.25. The lowest BCUT2D eigenvalue weighted by Gasteiger charge is -2.33. The van der Waals surface area contributed by atoms with Gasteiger partial charge in [0.2, 0.25) is 5.91 Å². The number of hydrogen-bond acceptors (Lipinski definition) is 3. The van der Waals surface area contributed by atoms with Crippen molar-refractivity contribution in [2.45, 2.75) is 50.7 Å². The number of amides is 1. The molecule has 1 aliphatic heterocycles. The first-order valence-corrected chi connectivity index (χ1v) is 10.7. The molecule has 1 fully saturated rings. The second-order valence-electron chi connectivity index (χ2n) is 7.99. The summed E-state index contributed by atoms with van der Waals surface area (Å²) in [5.41, 5.74) is 1.56. The lowest BCUT2D eigenvalue weighted by Crippen LogP contribution is -2.46. The molecule has 6 heteroatoms. The first-order valence-electron chi connectivity index (χ1n) is 10.7. The van der Waals surface area contributed by atoms with Crippen LogP contribution >= 0.6 is 0 Å². The molecule has 1 aliphatic rings. The van der Waals surface area contributed by atoms with E-state index in [1.807, 2.05) is 6.92 Å². The average molecular weight is 417 g/mol. The first-order chi connectivity index (χ1) is 14.5. The van der Waals surface area contributed by atoms with Crippen molar-refractivity contribution in [3.8, 4) is 0 Å². The lowest BCUT2D eigenvalue weighted by atomic mass is 9.94. The third-order valence-electron chi connectivity index (χ3n) is 5.90. The predicted octanol–water partition coefficient (Wildman–Crippen LogP) is 4.16. The van der Waals surface area contributed by atoms with E-state index < -0.39 is 6.10 Å². The molecule has 0 saturated carbocycles. The number of piperidine rings is 1. The number of hydrogen-bond donors (Lipinski definition) is 2. The highest BCUT2D eigenvalue weighted by molar-refractivity contribution is 5.83. The van der Waals surface area contributed by atoms with E-state index in [1.54, 1.807) is 24.3 Å². The summed E-state index contributed by atoms with van der Waals surface area (Å²) in [5, 5.41) is 13.5. The molecule has 3 rings (SSSR count). The fraction of sp³-hybridized carbons (Fsp3) is 0.458. The molecule has 2 aromatic rings. The number of carbonyl (C=O) groups is 1. The second kappa shape index (κ2) is 10.6. The molecule has 4 nitrogen and oxygen atoms in total. The normalized spacial score (nSPS) is 17.5. The van der Waals surface area contributed by atoms with Gasteiger partial charge in [-0.25, -0.2) is 8.78 Å². The van der Waals surface area contributed by atoms with E-state index in [-0.39, 0.29) is 29.5 Å².